The van der Waals surface area contributed by atoms with E-state index in [1.165, 1.54) is 0 Å². The molecule has 4 heteroatoms. The Morgan fingerprint density at radius 2 is 2.06 bits per heavy atom. The molecule has 1 unspecified atom stereocenters. The molecule has 4 nitrogen and oxygen atoms in total. The summed E-state index contributed by atoms with van der Waals surface area (Å²) >= 11 is 0. The fourth-order valence-electron chi connectivity index (χ4n) is 2.15. The molecule has 94 valence electrons. The van der Waals surface area contributed by atoms with Crippen LogP contribution < -0.4 is 5.32 Å². The van der Waals surface area contributed by atoms with Crippen LogP contribution in [0.2, 0.25) is 0 Å². The van der Waals surface area contributed by atoms with E-state index < -0.39 is 0 Å². The molecule has 0 aromatic rings. The number of carbonyl (C=O) groups is 1. The third-order valence-electron chi connectivity index (χ3n) is 3.57. The number of terminal acetylenes is 1. The zero-order valence-corrected chi connectivity index (χ0v) is 10.5. The lowest BCUT2D eigenvalue weighted by molar-refractivity contribution is -0.126. The fraction of sp³-hybridized carbons (Fsp3) is 0.769. The second kappa shape index (κ2) is 5.52. The van der Waals surface area contributed by atoms with Crippen LogP contribution in [0.5, 0.6) is 0 Å². The average molecular weight is 235 g/mol. The third kappa shape index (κ3) is 3.45. The molecule has 0 spiro atoms. The van der Waals surface area contributed by atoms with Gasteiger partial charge >= 0.3 is 0 Å². The Morgan fingerprint density at radius 3 is 2.59 bits per heavy atom. The van der Waals surface area contributed by atoms with Crippen molar-refractivity contribution in [3.63, 3.8) is 0 Å². The van der Waals surface area contributed by atoms with E-state index in [-0.39, 0.29) is 11.9 Å². The topological polar surface area (TPSA) is 35.6 Å². The van der Waals surface area contributed by atoms with Crippen LogP contribution in [0.4, 0.5) is 0 Å². The summed E-state index contributed by atoms with van der Waals surface area (Å²) < 4.78 is 0. The van der Waals surface area contributed by atoms with Gasteiger partial charge in [0.25, 0.3) is 0 Å². The summed E-state index contributed by atoms with van der Waals surface area (Å²) in [4.78, 5) is 16.4. The van der Waals surface area contributed by atoms with Gasteiger partial charge in [0.05, 0.1) is 12.6 Å². The number of nitrogens with one attached hydrogen (secondary N) is 1. The van der Waals surface area contributed by atoms with Gasteiger partial charge in [-0.2, -0.15) is 0 Å². The highest BCUT2D eigenvalue weighted by Gasteiger charge is 2.29. The van der Waals surface area contributed by atoms with E-state index in [1.54, 1.807) is 0 Å². The Kier molecular flexibility index (Phi) is 4.03. The molecule has 1 saturated carbocycles. The van der Waals surface area contributed by atoms with E-state index in [0.717, 1.165) is 45.6 Å². The molecule has 0 bridgehead atoms. The quantitative estimate of drug-likeness (QED) is 0.692. The second-order valence-corrected chi connectivity index (χ2v) is 4.98. The molecule has 0 aromatic carbocycles. The Hall–Kier alpha value is -1.05. The summed E-state index contributed by atoms with van der Waals surface area (Å²) in [6.45, 7) is 6.50. The Labute approximate surface area is 103 Å². The molecule has 1 aliphatic heterocycles. The summed E-state index contributed by atoms with van der Waals surface area (Å²) in [5.41, 5.74) is 0. The van der Waals surface area contributed by atoms with Gasteiger partial charge in [-0.15, -0.1) is 6.42 Å². The smallest absolute Gasteiger partial charge is 0.237 e. The summed E-state index contributed by atoms with van der Waals surface area (Å²) in [5, 5.41) is 3.06. The van der Waals surface area contributed by atoms with Crippen molar-refractivity contribution in [1.82, 2.24) is 15.1 Å². The first-order valence-corrected chi connectivity index (χ1v) is 6.41. The first kappa shape index (κ1) is 12.4. The highest BCUT2D eigenvalue weighted by Crippen LogP contribution is 2.19. The third-order valence-corrected chi connectivity index (χ3v) is 3.57. The molecule has 1 atom stereocenters. The molecular formula is C13H21N3O. The van der Waals surface area contributed by atoms with Gasteiger partial charge < -0.3 is 5.32 Å². The van der Waals surface area contributed by atoms with Crippen LogP contribution in [-0.2, 0) is 4.79 Å². The van der Waals surface area contributed by atoms with Crippen LogP contribution in [-0.4, -0.2) is 60.5 Å². The lowest BCUT2D eigenvalue weighted by atomic mass is 10.2. The first-order valence-electron chi connectivity index (χ1n) is 6.41. The van der Waals surface area contributed by atoms with E-state index in [9.17, 15) is 4.79 Å². The van der Waals surface area contributed by atoms with Gasteiger partial charge in [-0.1, -0.05) is 5.92 Å². The van der Waals surface area contributed by atoms with Crippen LogP contribution in [0, 0.1) is 12.3 Å². The molecule has 2 fully saturated rings. The Balaban J connectivity index is 1.75. The SMILES string of the molecule is C#CCN1CCN(C(C)C(=O)NC2CC2)CC1. The van der Waals surface area contributed by atoms with Crippen molar-refractivity contribution in [2.45, 2.75) is 31.8 Å². The lowest BCUT2D eigenvalue weighted by Gasteiger charge is -2.36. The minimum atomic E-state index is -0.0106. The van der Waals surface area contributed by atoms with Crippen LogP contribution >= 0.6 is 0 Å². The highest BCUT2D eigenvalue weighted by atomic mass is 16.2. The van der Waals surface area contributed by atoms with E-state index in [2.05, 4.69) is 21.0 Å². The van der Waals surface area contributed by atoms with Crippen molar-refractivity contribution in [2.75, 3.05) is 32.7 Å². The van der Waals surface area contributed by atoms with Gasteiger partial charge in [-0.05, 0) is 19.8 Å². The van der Waals surface area contributed by atoms with Gasteiger partial charge in [0, 0.05) is 32.2 Å². The zero-order chi connectivity index (χ0) is 12.3. The number of amides is 1. The van der Waals surface area contributed by atoms with Crippen molar-refractivity contribution >= 4 is 5.91 Å². The molecule has 2 aliphatic rings. The van der Waals surface area contributed by atoms with Gasteiger partial charge in [-0.25, -0.2) is 0 Å². The molecule has 1 aliphatic carbocycles. The van der Waals surface area contributed by atoms with Gasteiger partial charge in [-0.3, -0.25) is 14.6 Å². The molecular weight excluding hydrogens is 214 g/mol. The van der Waals surface area contributed by atoms with Gasteiger partial charge in [0.15, 0.2) is 0 Å². The molecule has 1 N–H and O–H groups in total. The summed E-state index contributed by atoms with van der Waals surface area (Å²) in [6.07, 6.45) is 7.59. The van der Waals surface area contributed by atoms with Crippen LogP contribution in [0.15, 0.2) is 0 Å². The summed E-state index contributed by atoms with van der Waals surface area (Å²) in [5.74, 6) is 2.85. The van der Waals surface area contributed by atoms with Crippen molar-refractivity contribution in [3.8, 4) is 12.3 Å². The Morgan fingerprint density at radius 1 is 1.41 bits per heavy atom. The average Bonchev–Trinajstić information content (AvgIpc) is 3.13. The highest BCUT2D eigenvalue weighted by molar-refractivity contribution is 5.81. The van der Waals surface area contributed by atoms with Crippen molar-refractivity contribution in [1.29, 1.82) is 0 Å². The lowest BCUT2D eigenvalue weighted by Crippen LogP contribution is -2.54. The minimum absolute atomic E-state index is 0.0106. The maximum atomic E-state index is 11.9. The monoisotopic (exact) mass is 235 g/mol. The number of rotatable bonds is 4. The van der Waals surface area contributed by atoms with Crippen LogP contribution in [0.3, 0.4) is 0 Å². The maximum Gasteiger partial charge on any atom is 0.237 e. The standard InChI is InChI=1S/C13H21N3O/c1-3-6-15-7-9-16(10-8-15)11(2)13(17)14-12-4-5-12/h1,11-12H,4-10H2,2H3,(H,14,17). The number of hydrogen-bond donors (Lipinski definition) is 1. The molecule has 1 amide bonds. The number of carbonyl (C=O) groups excluding carboxylic acids is 1. The number of hydrogen-bond acceptors (Lipinski definition) is 3. The predicted molar refractivity (Wildman–Crippen MR) is 67.5 cm³/mol. The van der Waals surface area contributed by atoms with Gasteiger partial charge in [0.1, 0.15) is 0 Å². The van der Waals surface area contributed by atoms with Crippen LogP contribution in [0.1, 0.15) is 19.8 Å². The van der Waals surface area contributed by atoms with Gasteiger partial charge in [0.2, 0.25) is 5.91 Å². The van der Waals surface area contributed by atoms with Crippen molar-refractivity contribution in [2.24, 2.45) is 0 Å². The molecule has 0 aromatic heterocycles. The molecule has 2 rings (SSSR count). The van der Waals surface area contributed by atoms with Crippen LogP contribution in [0.25, 0.3) is 0 Å². The first-order chi connectivity index (χ1) is 8.20. The molecule has 1 saturated heterocycles. The van der Waals surface area contributed by atoms with E-state index in [0.29, 0.717) is 6.04 Å². The van der Waals surface area contributed by atoms with Crippen molar-refractivity contribution in [3.05, 3.63) is 0 Å². The predicted octanol–water partition coefficient (Wildman–Crippen LogP) is -0.0957. The van der Waals surface area contributed by atoms with E-state index in [1.807, 2.05) is 6.92 Å². The number of piperazine rings is 1. The largest absolute Gasteiger partial charge is 0.352 e. The second-order valence-electron chi connectivity index (χ2n) is 4.98. The minimum Gasteiger partial charge on any atom is -0.352 e. The van der Waals surface area contributed by atoms with E-state index in [4.69, 9.17) is 6.42 Å². The molecule has 17 heavy (non-hydrogen) atoms. The van der Waals surface area contributed by atoms with Crippen molar-refractivity contribution < 1.29 is 4.79 Å². The summed E-state index contributed by atoms with van der Waals surface area (Å²) in [7, 11) is 0. The molecule has 0 radical (unpaired) electrons. The van der Waals surface area contributed by atoms with E-state index >= 15 is 0 Å². The number of nitrogens with zero attached hydrogens (tertiary/aromatic N) is 2. The molecule has 1 heterocycles. The zero-order valence-electron chi connectivity index (χ0n) is 10.5. The summed E-state index contributed by atoms with van der Waals surface area (Å²) in [6, 6.07) is 0.441. The fourth-order valence-corrected chi connectivity index (χ4v) is 2.15. The Bertz CT molecular complexity index is 311. The normalized spacial score (nSPS) is 24.0. The maximum absolute atomic E-state index is 11.9.